The molecule has 1 atom stereocenters. The second-order valence-corrected chi connectivity index (χ2v) is 5.95. The quantitative estimate of drug-likeness (QED) is 0.573. The van der Waals surface area contributed by atoms with E-state index in [1.54, 1.807) is 0 Å². The number of nitrogens with zero attached hydrogens (tertiary/aromatic N) is 2. The van der Waals surface area contributed by atoms with Crippen molar-refractivity contribution in [2.24, 2.45) is 16.1 Å². The van der Waals surface area contributed by atoms with E-state index in [-0.39, 0.29) is 0 Å². The van der Waals surface area contributed by atoms with Gasteiger partial charge in [0, 0.05) is 13.1 Å². The van der Waals surface area contributed by atoms with Gasteiger partial charge >= 0.3 is 0 Å². The predicted molar refractivity (Wildman–Crippen MR) is 66.3 cm³/mol. The Labute approximate surface area is 98.1 Å². The minimum absolute atomic E-state index is 0.538. The van der Waals surface area contributed by atoms with Crippen molar-refractivity contribution in [2.75, 3.05) is 7.05 Å². The molecular formula is C13H23N3. The van der Waals surface area contributed by atoms with Crippen LogP contribution in [0.1, 0.15) is 51.4 Å². The lowest BCUT2D eigenvalue weighted by Crippen LogP contribution is -2.45. The van der Waals surface area contributed by atoms with Gasteiger partial charge in [0.1, 0.15) is 0 Å². The molecule has 3 rings (SSSR count). The van der Waals surface area contributed by atoms with E-state index in [9.17, 15) is 0 Å². The standard InChI is InChI=1S/C13H23N3/c1-16(10-4-5-10)12(14)15-11-6-9-13(11)7-2-3-8-13/h10-11H,2-9H2,1H3,(H2,14,15). The van der Waals surface area contributed by atoms with Gasteiger partial charge in [-0.05, 0) is 43.9 Å². The zero-order chi connectivity index (χ0) is 11.2. The fraction of sp³-hybridized carbons (Fsp3) is 0.923. The van der Waals surface area contributed by atoms with E-state index in [1.165, 1.54) is 51.4 Å². The van der Waals surface area contributed by atoms with E-state index < -0.39 is 0 Å². The number of rotatable bonds is 2. The summed E-state index contributed by atoms with van der Waals surface area (Å²) in [5, 5.41) is 0. The van der Waals surface area contributed by atoms with Crippen LogP contribution in [-0.2, 0) is 0 Å². The molecule has 90 valence electrons. The summed E-state index contributed by atoms with van der Waals surface area (Å²) >= 11 is 0. The first-order chi connectivity index (χ1) is 7.71. The van der Waals surface area contributed by atoms with Crippen LogP contribution in [0.5, 0.6) is 0 Å². The molecule has 3 aliphatic rings. The van der Waals surface area contributed by atoms with Crippen LogP contribution in [0.2, 0.25) is 0 Å². The molecule has 0 aromatic heterocycles. The monoisotopic (exact) mass is 221 g/mol. The van der Waals surface area contributed by atoms with Crippen molar-refractivity contribution in [1.82, 2.24) is 4.90 Å². The van der Waals surface area contributed by atoms with Gasteiger partial charge in [-0.1, -0.05) is 12.8 Å². The number of hydrogen-bond donors (Lipinski definition) is 1. The zero-order valence-corrected chi connectivity index (χ0v) is 10.3. The van der Waals surface area contributed by atoms with Gasteiger partial charge in [0.25, 0.3) is 0 Å². The highest BCUT2D eigenvalue weighted by molar-refractivity contribution is 5.78. The van der Waals surface area contributed by atoms with Crippen LogP contribution in [-0.4, -0.2) is 30.0 Å². The molecule has 16 heavy (non-hydrogen) atoms. The van der Waals surface area contributed by atoms with Gasteiger partial charge in [0.15, 0.2) is 5.96 Å². The van der Waals surface area contributed by atoms with Gasteiger partial charge in [-0.2, -0.15) is 0 Å². The maximum Gasteiger partial charge on any atom is 0.191 e. The number of nitrogens with two attached hydrogens (primary N) is 1. The van der Waals surface area contributed by atoms with Crippen LogP contribution in [0.25, 0.3) is 0 Å². The van der Waals surface area contributed by atoms with E-state index in [0.717, 1.165) is 5.96 Å². The molecule has 0 aliphatic heterocycles. The second kappa shape index (κ2) is 3.64. The van der Waals surface area contributed by atoms with E-state index >= 15 is 0 Å². The lowest BCUT2D eigenvalue weighted by atomic mass is 9.63. The Balaban J connectivity index is 1.66. The molecular weight excluding hydrogens is 198 g/mol. The smallest absolute Gasteiger partial charge is 0.191 e. The highest BCUT2D eigenvalue weighted by atomic mass is 15.3. The molecule has 0 aromatic rings. The maximum atomic E-state index is 6.10. The highest BCUT2D eigenvalue weighted by Gasteiger charge is 2.48. The van der Waals surface area contributed by atoms with Crippen LogP contribution in [0.4, 0.5) is 0 Å². The maximum absolute atomic E-state index is 6.10. The van der Waals surface area contributed by atoms with Crippen LogP contribution < -0.4 is 5.73 Å². The average molecular weight is 221 g/mol. The summed E-state index contributed by atoms with van der Waals surface area (Å²) in [5.74, 6) is 0.790. The lowest BCUT2D eigenvalue weighted by Gasteiger charge is -2.45. The Morgan fingerprint density at radius 3 is 2.38 bits per heavy atom. The summed E-state index contributed by atoms with van der Waals surface area (Å²) < 4.78 is 0. The number of aliphatic imine (C=N–C) groups is 1. The van der Waals surface area contributed by atoms with E-state index in [2.05, 4.69) is 11.9 Å². The van der Waals surface area contributed by atoms with Crippen LogP contribution in [0.3, 0.4) is 0 Å². The number of hydrogen-bond acceptors (Lipinski definition) is 1. The Morgan fingerprint density at radius 1 is 1.19 bits per heavy atom. The molecule has 0 bridgehead atoms. The fourth-order valence-electron chi connectivity index (χ4n) is 3.45. The topological polar surface area (TPSA) is 41.6 Å². The van der Waals surface area contributed by atoms with Gasteiger partial charge in [0.05, 0.1) is 6.04 Å². The summed E-state index contributed by atoms with van der Waals surface area (Å²) in [5.41, 5.74) is 6.66. The van der Waals surface area contributed by atoms with Crippen molar-refractivity contribution in [2.45, 2.75) is 63.5 Å². The van der Waals surface area contributed by atoms with E-state index in [0.29, 0.717) is 17.5 Å². The third-order valence-electron chi connectivity index (χ3n) is 4.97. The largest absolute Gasteiger partial charge is 0.370 e. The molecule has 0 saturated heterocycles. The summed E-state index contributed by atoms with van der Waals surface area (Å²) in [6.07, 6.45) is 10.8. The fourth-order valence-corrected chi connectivity index (χ4v) is 3.45. The van der Waals surface area contributed by atoms with Gasteiger partial charge in [-0.15, -0.1) is 0 Å². The normalized spacial score (nSPS) is 32.8. The van der Waals surface area contributed by atoms with Gasteiger partial charge < -0.3 is 10.6 Å². The number of guanidine groups is 1. The van der Waals surface area contributed by atoms with Crippen molar-refractivity contribution in [3.05, 3.63) is 0 Å². The molecule has 1 spiro atoms. The SMILES string of the molecule is CN(C(N)=NC1CCC12CCCC2)C1CC1. The third kappa shape index (κ3) is 1.61. The Morgan fingerprint density at radius 2 is 1.88 bits per heavy atom. The summed E-state index contributed by atoms with van der Waals surface area (Å²) in [7, 11) is 2.09. The van der Waals surface area contributed by atoms with E-state index in [4.69, 9.17) is 10.7 Å². The predicted octanol–water partition coefficient (Wildman–Crippen LogP) is 2.12. The Kier molecular flexibility index (Phi) is 2.37. The molecule has 3 saturated carbocycles. The van der Waals surface area contributed by atoms with Gasteiger partial charge in [-0.3, -0.25) is 0 Å². The van der Waals surface area contributed by atoms with Crippen molar-refractivity contribution < 1.29 is 0 Å². The zero-order valence-electron chi connectivity index (χ0n) is 10.3. The van der Waals surface area contributed by atoms with Crippen LogP contribution >= 0.6 is 0 Å². The molecule has 3 nitrogen and oxygen atoms in total. The van der Waals surface area contributed by atoms with Gasteiger partial charge in [-0.25, -0.2) is 4.99 Å². The minimum Gasteiger partial charge on any atom is -0.370 e. The Hall–Kier alpha value is -0.730. The van der Waals surface area contributed by atoms with E-state index in [1.807, 2.05) is 0 Å². The minimum atomic E-state index is 0.538. The van der Waals surface area contributed by atoms with Gasteiger partial charge in [0.2, 0.25) is 0 Å². The molecule has 1 unspecified atom stereocenters. The van der Waals surface area contributed by atoms with Crippen molar-refractivity contribution in [3.63, 3.8) is 0 Å². The Bertz CT molecular complexity index is 300. The molecule has 0 amide bonds. The first-order valence-corrected chi connectivity index (χ1v) is 6.77. The molecule has 3 fully saturated rings. The van der Waals surface area contributed by atoms with Crippen molar-refractivity contribution >= 4 is 5.96 Å². The molecule has 3 aliphatic carbocycles. The lowest BCUT2D eigenvalue weighted by molar-refractivity contribution is 0.103. The summed E-state index contributed by atoms with van der Waals surface area (Å²) in [6.45, 7) is 0. The van der Waals surface area contributed by atoms with Crippen molar-refractivity contribution in [3.8, 4) is 0 Å². The summed E-state index contributed by atoms with van der Waals surface area (Å²) in [4.78, 5) is 6.98. The molecule has 0 radical (unpaired) electrons. The summed E-state index contributed by atoms with van der Waals surface area (Å²) in [6, 6.07) is 1.22. The molecule has 2 N–H and O–H groups in total. The molecule has 3 heteroatoms. The highest BCUT2D eigenvalue weighted by Crippen LogP contribution is 2.54. The first kappa shape index (κ1) is 10.4. The van der Waals surface area contributed by atoms with Crippen LogP contribution in [0, 0.1) is 5.41 Å². The molecule has 0 heterocycles. The second-order valence-electron chi connectivity index (χ2n) is 5.95. The van der Waals surface area contributed by atoms with Crippen LogP contribution in [0.15, 0.2) is 4.99 Å². The third-order valence-corrected chi connectivity index (χ3v) is 4.97. The van der Waals surface area contributed by atoms with Crippen molar-refractivity contribution in [1.29, 1.82) is 0 Å². The molecule has 0 aromatic carbocycles. The average Bonchev–Trinajstić information content (AvgIpc) is 2.99. The first-order valence-electron chi connectivity index (χ1n) is 6.77.